The molecule has 0 N–H and O–H groups in total. The highest BCUT2D eigenvalue weighted by Crippen LogP contribution is 2.16. The Morgan fingerprint density at radius 3 is 2.42 bits per heavy atom. The molecule has 0 unspecified atom stereocenters. The van der Waals surface area contributed by atoms with Gasteiger partial charge in [0.25, 0.3) is 0 Å². The number of rotatable bonds is 9. The van der Waals surface area contributed by atoms with E-state index < -0.39 is 0 Å². The number of nitrogens with zero attached hydrogens (tertiary/aromatic N) is 3. The van der Waals surface area contributed by atoms with Crippen molar-refractivity contribution >= 4 is 0 Å². The van der Waals surface area contributed by atoms with Crippen LogP contribution in [0.1, 0.15) is 27.9 Å². The first-order valence-corrected chi connectivity index (χ1v) is 11.4. The van der Waals surface area contributed by atoms with E-state index in [-0.39, 0.29) is 0 Å². The molecule has 164 valence electrons. The van der Waals surface area contributed by atoms with E-state index in [2.05, 4.69) is 95.1 Å². The molecule has 0 aliphatic carbocycles. The predicted octanol–water partition coefficient (Wildman–Crippen LogP) is 4.49. The summed E-state index contributed by atoms with van der Waals surface area (Å²) in [7, 11) is 0. The lowest BCUT2D eigenvalue weighted by Gasteiger charge is -2.30. The van der Waals surface area contributed by atoms with Crippen LogP contribution in [0.2, 0.25) is 0 Å². The minimum atomic E-state index is 0.858. The van der Waals surface area contributed by atoms with Gasteiger partial charge in [0.15, 0.2) is 0 Å². The summed E-state index contributed by atoms with van der Waals surface area (Å²) in [4.78, 5) is 5.12. The first-order chi connectivity index (χ1) is 15.2. The van der Waals surface area contributed by atoms with Gasteiger partial charge in [0.05, 0.1) is 13.2 Å². The lowest BCUT2D eigenvalue weighted by atomic mass is 10.1. The van der Waals surface area contributed by atoms with Crippen LogP contribution in [0.15, 0.2) is 66.9 Å². The first-order valence-electron chi connectivity index (χ1n) is 11.4. The van der Waals surface area contributed by atoms with E-state index >= 15 is 0 Å². The molecule has 1 aromatic heterocycles. The van der Waals surface area contributed by atoms with Crippen LogP contribution in [-0.4, -0.2) is 53.8 Å². The molecular formula is C27H35N3O. The van der Waals surface area contributed by atoms with E-state index in [1.54, 1.807) is 0 Å². The summed E-state index contributed by atoms with van der Waals surface area (Å²) >= 11 is 0. The van der Waals surface area contributed by atoms with Gasteiger partial charge >= 0.3 is 0 Å². The van der Waals surface area contributed by atoms with Crippen molar-refractivity contribution in [3.8, 4) is 0 Å². The zero-order valence-corrected chi connectivity index (χ0v) is 19.0. The van der Waals surface area contributed by atoms with E-state index in [0.29, 0.717) is 0 Å². The third-order valence-corrected chi connectivity index (χ3v) is 6.27. The van der Waals surface area contributed by atoms with Crippen LogP contribution in [-0.2, 0) is 24.4 Å². The molecule has 1 fully saturated rings. The molecule has 1 aliphatic rings. The van der Waals surface area contributed by atoms with Crippen molar-refractivity contribution in [3.05, 3.63) is 94.8 Å². The average Bonchev–Trinajstić information content (AvgIpc) is 3.22. The third-order valence-electron chi connectivity index (χ3n) is 6.27. The van der Waals surface area contributed by atoms with Crippen LogP contribution in [0.3, 0.4) is 0 Å². The van der Waals surface area contributed by atoms with Gasteiger partial charge in [-0.15, -0.1) is 0 Å². The lowest BCUT2D eigenvalue weighted by Crippen LogP contribution is -2.41. The summed E-state index contributed by atoms with van der Waals surface area (Å²) in [6.45, 7) is 13.2. The molecule has 2 aromatic carbocycles. The van der Waals surface area contributed by atoms with E-state index in [1.807, 2.05) is 0 Å². The van der Waals surface area contributed by atoms with Crippen molar-refractivity contribution in [3.63, 3.8) is 0 Å². The van der Waals surface area contributed by atoms with Crippen LogP contribution < -0.4 is 0 Å². The number of morpholine rings is 1. The number of hydrogen-bond acceptors (Lipinski definition) is 3. The fourth-order valence-electron chi connectivity index (χ4n) is 4.22. The van der Waals surface area contributed by atoms with E-state index in [0.717, 1.165) is 59.0 Å². The van der Waals surface area contributed by atoms with Gasteiger partial charge in [0.2, 0.25) is 0 Å². The highest BCUT2D eigenvalue weighted by atomic mass is 16.5. The minimum absolute atomic E-state index is 0.858. The Kier molecular flexibility index (Phi) is 7.57. The molecule has 3 aromatic rings. The molecule has 4 nitrogen and oxygen atoms in total. The molecular weight excluding hydrogens is 382 g/mol. The Morgan fingerprint density at radius 1 is 0.871 bits per heavy atom. The van der Waals surface area contributed by atoms with E-state index in [4.69, 9.17) is 4.74 Å². The quantitative estimate of drug-likeness (QED) is 0.512. The Bertz CT molecular complexity index is 941. The highest BCUT2D eigenvalue weighted by Gasteiger charge is 2.15. The summed E-state index contributed by atoms with van der Waals surface area (Å²) in [5, 5.41) is 0. The largest absolute Gasteiger partial charge is 0.379 e. The van der Waals surface area contributed by atoms with E-state index in [9.17, 15) is 0 Å². The van der Waals surface area contributed by atoms with Crippen molar-refractivity contribution in [2.24, 2.45) is 0 Å². The summed E-state index contributed by atoms with van der Waals surface area (Å²) in [6, 6.07) is 22.1. The Balaban J connectivity index is 1.46. The topological polar surface area (TPSA) is 20.6 Å². The predicted molar refractivity (Wildman–Crippen MR) is 127 cm³/mol. The molecule has 31 heavy (non-hydrogen) atoms. The lowest BCUT2D eigenvalue weighted by molar-refractivity contribution is 0.0323. The van der Waals surface area contributed by atoms with Gasteiger partial charge in [0.1, 0.15) is 0 Å². The number of ether oxygens (including phenoxy) is 1. The summed E-state index contributed by atoms with van der Waals surface area (Å²) < 4.78 is 7.92. The van der Waals surface area contributed by atoms with Crippen LogP contribution >= 0.6 is 0 Å². The molecule has 0 bridgehead atoms. The van der Waals surface area contributed by atoms with Gasteiger partial charge < -0.3 is 9.30 Å². The fourth-order valence-corrected chi connectivity index (χ4v) is 4.22. The van der Waals surface area contributed by atoms with Gasteiger partial charge in [-0.3, -0.25) is 9.80 Å². The molecule has 0 saturated carbocycles. The van der Waals surface area contributed by atoms with Crippen molar-refractivity contribution in [1.82, 2.24) is 14.4 Å². The first kappa shape index (κ1) is 21.8. The minimum Gasteiger partial charge on any atom is -0.379 e. The van der Waals surface area contributed by atoms with Crippen molar-refractivity contribution in [1.29, 1.82) is 0 Å². The van der Waals surface area contributed by atoms with Gasteiger partial charge in [-0.1, -0.05) is 54.1 Å². The molecule has 1 saturated heterocycles. The number of aromatic nitrogens is 1. The van der Waals surface area contributed by atoms with E-state index in [1.165, 1.54) is 27.9 Å². The standard InChI is InChI=1S/C27H35N3O/c1-23-9-11-25(12-10-23)20-30-13-5-8-27(30)22-29(15-14-28-16-18-31-19-17-28)21-26-7-4-3-6-24(26)2/h3-13H,14-22H2,1-2H3. The van der Waals surface area contributed by atoms with Crippen molar-refractivity contribution in [2.45, 2.75) is 33.5 Å². The van der Waals surface area contributed by atoms with Gasteiger partial charge in [-0.25, -0.2) is 0 Å². The maximum Gasteiger partial charge on any atom is 0.0594 e. The van der Waals surface area contributed by atoms with Crippen LogP contribution in [0, 0.1) is 13.8 Å². The zero-order valence-electron chi connectivity index (χ0n) is 19.0. The monoisotopic (exact) mass is 417 g/mol. The second kappa shape index (κ2) is 10.8. The fraction of sp³-hybridized carbons (Fsp3) is 0.407. The normalized spacial score (nSPS) is 14.9. The SMILES string of the molecule is Cc1ccc(Cn2cccc2CN(CCN2CCOCC2)Cc2ccccc2C)cc1. The maximum absolute atomic E-state index is 5.52. The summed E-state index contributed by atoms with van der Waals surface area (Å²) in [6.07, 6.45) is 2.21. The Hall–Kier alpha value is -2.40. The van der Waals surface area contributed by atoms with Gasteiger partial charge in [-0.05, 0) is 42.7 Å². The van der Waals surface area contributed by atoms with Crippen LogP contribution in [0.4, 0.5) is 0 Å². The van der Waals surface area contributed by atoms with Gasteiger partial charge in [0, 0.05) is 57.7 Å². The Morgan fingerprint density at radius 2 is 1.65 bits per heavy atom. The molecule has 4 rings (SSSR count). The molecule has 0 atom stereocenters. The van der Waals surface area contributed by atoms with Gasteiger partial charge in [-0.2, -0.15) is 0 Å². The molecule has 0 radical (unpaired) electrons. The molecule has 0 amide bonds. The maximum atomic E-state index is 5.52. The molecule has 1 aliphatic heterocycles. The smallest absolute Gasteiger partial charge is 0.0594 e. The number of aryl methyl sites for hydroxylation is 2. The highest BCUT2D eigenvalue weighted by molar-refractivity contribution is 5.26. The summed E-state index contributed by atoms with van der Waals surface area (Å²) in [5.74, 6) is 0. The second-order valence-corrected chi connectivity index (χ2v) is 8.70. The van der Waals surface area contributed by atoms with Crippen molar-refractivity contribution < 1.29 is 4.74 Å². The van der Waals surface area contributed by atoms with Crippen LogP contribution in [0.25, 0.3) is 0 Å². The van der Waals surface area contributed by atoms with Crippen LogP contribution in [0.5, 0.6) is 0 Å². The Labute approximate surface area is 187 Å². The number of hydrogen-bond donors (Lipinski definition) is 0. The third kappa shape index (κ3) is 6.30. The molecule has 2 heterocycles. The molecule has 4 heteroatoms. The van der Waals surface area contributed by atoms with Crippen molar-refractivity contribution in [2.75, 3.05) is 39.4 Å². The summed E-state index contributed by atoms with van der Waals surface area (Å²) in [5.41, 5.74) is 6.82. The zero-order chi connectivity index (χ0) is 21.5. The number of benzene rings is 2. The average molecular weight is 418 g/mol. The second-order valence-electron chi connectivity index (χ2n) is 8.70. The molecule has 0 spiro atoms.